The van der Waals surface area contributed by atoms with Crippen molar-refractivity contribution in [1.29, 1.82) is 0 Å². The molecule has 0 aliphatic heterocycles. The Bertz CT molecular complexity index is 961. The van der Waals surface area contributed by atoms with Gasteiger partial charge in [0.1, 0.15) is 10.6 Å². The molecule has 1 N–H and O–H groups in total. The summed E-state index contributed by atoms with van der Waals surface area (Å²) in [4.78, 5) is 7.60. The van der Waals surface area contributed by atoms with Crippen LogP contribution in [0.1, 0.15) is 25.3 Å². The lowest BCUT2D eigenvalue weighted by molar-refractivity contribution is 0.486. The van der Waals surface area contributed by atoms with E-state index in [1.54, 1.807) is 30.3 Å². The first-order chi connectivity index (χ1) is 11.4. The van der Waals surface area contributed by atoms with Crippen LogP contribution in [-0.2, 0) is 10.1 Å². The molecule has 3 rings (SSSR count). The monoisotopic (exact) mass is 362 g/mol. The van der Waals surface area contributed by atoms with Gasteiger partial charge in [-0.1, -0.05) is 37.7 Å². The van der Waals surface area contributed by atoms with Gasteiger partial charge in [0, 0.05) is 6.07 Å². The molecule has 7 heteroatoms. The molecular weight excluding hydrogens is 344 g/mol. The van der Waals surface area contributed by atoms with E-state index >= 15 is 0 Å². The number of hydrogen-bond acceptors (Lipinski definition) is 5. The summed E-state index contributed by atoms with van der Waals surface area (Å²) in [7, 11) is -3.86. The zero-order valence-electron chi connectivity index (χ0n) is 13.6. The standard InChI is InChI=1S/C17H18N2O3S2/c1-11(2)12-4-7-14(8-5-12)24(20,21)22-13-6-9-15-16(10-13)19-17(18-15)23-3/h4-11H,1-3H3,(H,18,19). The third-order valence-corrected chi connectivity index (χ3v) is 5.51. The summed E-state index contributed by atoms with van der Waals surface area (Å²) in [5.41, 5.74) is 2.59. The number of hydrogen-bond donors (Lipinski definition) is 1. The van der Waals surface area contributed by atoms with Gasteiger partial charge in [0.05, 0.1) is 11.0 Å². The Morgan fingerprint density at radius 1 is 1.12 bits per heavy atom. The minimum absolute atomic E-state index is 0.140. The van der Waals surface area contributed by atoms with Crippen LogP contribution < -0.4 is 4.18 Å². The molecule has 0 spiro atoms. The predicted molar refractivity (Wildman–Crippen MR) is 96.2 cm³/mol. The van der Waals surface area contributed by atoms with E-state index in [2.05, 4.69) is 23.8 Å². The number of nitrogens with one attached hydrogen (secondary N) is 1. The van der Waals surface area contributed by atoms with Gasteiger partial charge in [-0.25, -0.2) is 4.98 Å². The molecule has 0 saturated heterocycles. The second-order valence-electron chi connectivity index (χ2n) is 5.69. The van der Waals surface area contributed by atoms with Crippen molar-refractivity contribution in [2.45, 2.75) is 29.8 Å². The second-order valence-corrected chi connectivity index (χ2v) is 8.03. The highest BCUT2D eigenvalue weighted by atomic mass is 32.2. The van der Waals surface area contributed by atoms with Gasteiger partial charge in [-0.15, -0.1) is 0 Å². The van der Waals surface area contributed by atoms with Crippen LogP contribution in [0.5, 0.6) is 5.75 Å². The van der Waals surface area contributed by atoms with E-state index in [1.165, 1.54) is 11.8 Å². The van der Waals surface area contributed by atoms with E-state index in [0.717, 1.165) is 21.8 Å². The van der Waals surface area contributed by atoms with E-state index in [1.807, 2.05) is 18.4 Å². The van der Waals surface area contributed by atoms with Crippen molar-refractivity contribution in [3.8, 4) is 5.75 Å². The summed E-state index contributed by atoms with van der Waals surface area (Å²) in [5, 5.41) is 0.772. The van der Waals surface area contributed by atoms with Gasteiger partial charge >= 0.3 is 10.1 Å². The average Bonchev–Trinajstić information content (AvgIpc) is 2.97. The number of thioether (sulfide) groups is 1. The zero-order valence-corrected chi connectivity index (χ0v) is 15.2. The largest absolute Gasteiger partial charge is 0.379 e. The Labute approximate surface area is 145 Å². The number of aromatic amines is 1. The normalized spacial score (nSPS) is 12.0. The third-order valence-electron chi connectivity index (χ3n) is 3.67. The van der Waals surface area contributed by atoms with Gasteiger partial charge in [0.25, 0.3) is 0 Å². The molecular formula is C17H18N2O3S2. The average molecular weight is 362 g/mol. The predicted octanol–water partition coefficient (Wildman–Crippen LogP) is 4.18. The molecule has 5 nitrogen and oxygen atoms in total. The number of rotatable bonds is 5. The maximum Gasteiger partial charge on any atom is 0.339 e. The van der Waals surface area contributed by atoms with Crippen molar-refractivity contribution in [1.82, 2.24) is 9.97 Å². The van der Waals surface area contributed by atoms with Crippen LogP contribution in [-0.4, -0.2) is 24.6 Å². The van der Waals surface area contributed by atoms with Gasteiger partial charge in [-0.05, 0) is 42.0 Å². The number of benzene rings is 2. The molecule has 0 bridgehead atoms. The van der Waals surface area contributed by atoms with Crippen LogP contribution in [0.4, 0.5) is 0 Å². The molecule has 1 heterocycles. The second kappa shape index (κ2) is 6.49. The molecule has 3 aromatic rings. The van der Waals surface area contributed by atoms with Crippen LogP contribution in [0, 0.1) is 0 Å². The number of nitrogens with zero attached hydrogens (tertiary/aromatic N) is 1. The highest BCUT2D eigenvalue weighted by molar-refractivity contribution is 7.98. The number of fused-ring (bicyclic) bond motifs is 1. The molecule has 0 unspecified atom stereocenters. The molecule has 0 amide bonds. The molecule has 0 saturated carbocycles. The van der Waals surface area contributed by atoms with Crippen molar-refractivity contribution in [2.75, 3.05) is 6.26 Å². The lowest BCUT2D eigenvalue weighted by Crippen LogP contribution is -2.09. The fourth-order valence-corrected chi connectivity index (χ4v) is 3.63. The minimum Gasteiger partial charge on any atom is -0.379 e. The van der Waals surface area contributed by atoms with Crippen LogP contribution in [0.25, 0.3) is 11.0 Å². The number of aromatic nitrogens is 2. The Balaban J connectivity index is 1.88. The number of imidazole rings is 1. The SMILES string of the molecule is CSc1nc2ccc(OS(=O)(=O)c3ccc(C(C)C)cc3)cc2[nH]1. The zero-order chi connectivity index (χ0) is 17.3. The Morgan fingerprint density at radius 3 is 2.46 bits per heavy atom. The fourth-order valence-electron chi connectivity index (χ4n) is 2.31. The molecule has 1 aromatic heterocycles. The summed E-state index contributed by atoms with van der Waals surface area (Å²) in [6.07, 6.45) is 1.92. The van der Waals surface area contributed by atoms with Crippen LogP contribution in [0.3, 0.4) is 0 Å². The maximum absolute atomic E-state index is 12.4. The molecule has 0 aliphatic carbocycles. The van der Waals surface area contributed by atoms with E-state index < -0.39 is 10.1 Å². The first-order valence-electron chi connectivity index (χ1n) is 7.47. The van der Waals surface area contributed by atoms with Gasteiger partial charge in [-0.2, -0.15) is 8.42 Å². The van der Waals surface area contributed by atoms with Gasteiger partial charge in [-0.3, -0.25) is 0 Å². The topological polar surface area (TPSA) is 72.0 Å². The van der Waals surface area contributed by atoms with E-state index in [9.17, 15) is 8.42 Å². The summed E-state index contributed by atoms with van der Waals surface area (Å²) in [6, 6.07) is 11.7. The van der Waals surface area contributed by atoms with E-state index in [-0.39, 0.29) is 10.6 Å². The molecule has 24 heavy (non-hydrogen) atoms. The highest BCUT2D eigenvalue weighted by Crippen LogP contribution is 2.25. The molecule has 0 fully saturated rings. The first-order valence-corrected chi connectivity index (χ1v) is 10.1. The molecule has 0 atom stereocenters. The lowest BCUT2D eigenvalue weighted by Gasteiger charge is -2.09. The fraction of sp³-hybridized carbons (Fsp3) is 0.235. The van der Waals surface area contributed by atoms with Gasteiger partial charge in [0.2, 0.25) is 0 Å². The van der Waals surface area contributed by atoms with E-state index in [4.69, 9.17) is 4.18 Å². The summed E-state index contributed by atoms with van der Waals surface area (Å²) in [5.74, 6) is 0.600. The molecule has 2 aromatic carbocycles. The summed E-state index contributed by atoms with van der Waals surface area (Å²) < 4.78 is 30.1. The van der Waals surface area contributed by atoms with Gasteiger partial charge in [0.15, 0.2) is 5.16 Å². The number of H-pyrrole nitrogens is 1. The van der Waals surface area contributed by atoms with E-state index in [0.29, 0.717) is 5.92 Å². The van der Waals surface area contributed by atoms with Crippen molar-refractivity contribution in [2.24, 2.45) is 0 Å². The van der Waals surface area contributed by atoms with Crippen molar-refractivity contribution in [3.63, 3.8) is 0 Å². The van der Waals surface area contributed by atoms with Crippen LogP contribution in [0.15, 0.2) is 52.5 Å². The smallest absolute Gasteiger partial charge is 0.339 e. The Morgan fingerprint density at radius 2 is 1.83 bits per heavy atom. The Kier molecular flexibility index (Phi) is 4.56. The Hall–Kier alpha value is -1.99. The van der Waals surface area contributed by atoms with Crippen LogP contribution in [0.2, 0.25) is 0 Å². The minimum atomic E-state index is -3.86. The third kappa shape index (κ3) is 3.42. The summed E-state index contributed by atoms with van der Waals surface area (Å²) in [6.45, 7) is 4.12. The molecule has 0 aliphatic rings. The van der Waals surface area contributed by atoms with Crippen molar-refractivity contribution < 1.29 is 12.6 Å². The molecule has 0 radical (unpaired) electrons. The van der Waals surface area contributed by atoms with Crippen molar-refractivity contribution in [3.05, 3.63) is 48.0 Å². The van der Waals surface area contributed by atoms with Gasteiger partial charge < -0.3 is 9.17 Å². The highest BCUT2D eigenvalue weighted by Gasteiger charge is 2.17. The maximum atomic E-state index is 12.4. The lowest BCUT2D eigenvalue weighted by atomic mass is 10.0. The quantitative estimate of drug-likeness (QED) is 0.545. The van der Waals surface area contributed by atoms with Crippen LogP contribution >= 0.6 is 11.8 Å². The van der Waals surface area contributed by atoms with Crippen molar-refractivity contribution >= 4 is 32.9 Å². The summed E-state index contributed by atoms with van der Waals surface area (Å²) >= 11 is 1.49. The first kappa shape index (κ1) is 16.9. The molecule has 126 valence electrons.